The van der Waals surface area contributed by atoms with Gasteiger partial charge in [0.2, 0.25) is 11.8 Å². The van der Waals surface area contributed by atoms with Gasteiger partial charge in [0.1, 0.15) is 18.3 Å². The Morgan fingerprint density at radius 2 is 1.52 bits per heavy atom. The fourth-order valence-corrected chi connectivity index (χ4v) is 6.63. The molecule has 0 bridgehead atoms. The van der Waals surface area contributed by atoms with E-state index in [-0.39, 0.29) is 34.5 Å². The molecule has 0 aliphatic carbocycles. The largest absolute Gasteiger partial charge is 0.495 e. The summed E-state index contributed by atoms with van der Waals surface area (Å²) in [5.74, 6) is -0.610. The first-order chi connectivity index (χ1) is 21.1. The molecular formula is C33H33Cl2N3O5S. The summed E-state index contributed by atoms with van der Waals surface area (Å²) in [4.78, 5) is 29.3. The molecule has 0 aliphatic rings. The average Bonchev–Trinajstić information content (AvgIpc) is 3.02. The van der Waals surface area contributed by atoms with Gasteiger partial charge in [-0.15, -0.1) is 0 Å². The van der Waals surface area contributed by atoms with Crippen molar-refractivity contribution < 1.29 is 22.7 Å². The van der Waals surface area contributed by atoms with E-state index in [0.717, 1.165) is 9.87 Å². The second-order valence-electron chi connectivity index (χ2n) is 9.90. The molecule has 1 atom stereocenters. The van der Waals surface area contributed by atoms with Crippen LogP contribution in [0.2, 0.25) is 10.0 Å². The number of halogens is 2. The van der Waals surface area contributed by atoms with Crippen molar-refractivity contribution in [3.05, 3.63) is 124 Å². The molecule has 0 heterocycles. The van der Waals surface area contributed by atoms with Crippen molar-refractivity contribution in [2.75, 3.05) is 24.5 Å². The van der Waals surface area contributed by atoms with Crippen molar-refractivity contribution in [2.45, 2.75) is 30.8 Å². The highest BCUT2D eigenvalue weighted by Gasteiger charge is 2.34. The number of hydrogen-bond acceptors (Lipinski definition) is 5. The molecule has 44 heavy (non-hydrogen) atoms. The Bertz CT molecular complexity index is 1690. The SMILES string of the molecule is CCNC(=O)C(Cc1ccccc1)N(Cc1cccc(Cl)c1)C(=O)CN(c1ccc(OC)c(Cl)c1)S(=O)(=O)c1ccccc1. The molecule has 4 aromatic carbocycles. The van der Waals surface area contributed by atoms with E-state index in [1.165, 1.54) is 42.3 Å². The van der Waals surface area contributed by atoms with Gasteiger partial charge in [-0.2, -0.15) is 0 Å². The van der Waals surface area contributed by atoms with Gasteiger partial charge in [-0.05, 0) is 60.5 Å². The third-order valence-electron chi connectivity index (χ3n) is 6.90. The predicted octanol–water partition coefficient (Wildman–Crippen LogP) is 5.97. The smallest absolute Gasteiger partial charge is 0.264 e. The molecule has 2 amide bonds. The van der Waals surface area contributed by atoms with Crippen molar-refractivity contribution in [3.8, 4) is 5.75 Å². The molecule has 230 valence electrons. The number of methoxy groups -OCH3 is 1. The number of likely N-dealkylation sites (N-methyl/N-ethyl adjacent to an activating group) is 1. The van der Waals surface area contributed by atoms with Gasteiger partial charge in [-0.25, -0.2) is 8.42 Å². The van der Waals surface area contributed by atoms with Crippen LogP contribution in [0.15, 0.2) is 108 Å². The normalized spacial score (nSPS) is 11.8. The average molecular weight is 655 g/mol. The first-order valence-corrected chi connectivity index (χ1v) is 16.1. The fourth-order valence-electron chi connectivity index (χ4n) is 4.74. The zero-order valence-electron chi connectivity index (χ0n) is 24.3. The van der Waals surface area contributed by atoms with Crippen LogP contribution in [0.3, 0.4) is 0 Å². The molecule has 0 fully saturated rings. The van der Waals surface area contributed by atoms with Gasteiger partial charge < -0.3 is 15.0 Å². The fraction of sp³-hybridized carbons (Fsp3) is 0.212. The van der Waals surface area contributed by atoms with Crippen LogP contribution in [0.25, 0.3) is 0 Å². The van der Waals surface area contributed by atoms with Crippen molar-refractivity contribution in [1.82, 2.24) is 10.2 Å². The topological polar surface area (TPSA) is 96.0 Å². The molecule has 11 heteroatoms. The maximum Gasteiger partial charge on any atom is 0.264 e. The van der Waals surface area contributed by atoms with Crippen LogP contribution in [0.5, 0.6) is 5.75 Å². The summed E-state index contributed by atoms with van der Waals surface area (Å²) in [7, 11) is -2.80. The lowest BCUT2D eigenvalue weighted by Crippen LogP contribution is -2.53. The lowest BCUT2D eigenvalue weighted by atomic mass is 10.0. The molecule has 1 unspecified atom stereocenters. The molecule has 1 N–H and O–H groups in total. The van der Waals surface area contributed by atoms with Crippen molar-refractivity contribution in [2.24, 2.45) is 0 Å². The Hall–Kier alpha value is -4.05. The number of amides is 2. The maximum atomic E-state index is 14.4. The first kappa shape index (κ1) is 32.9. The second kappa shape index (κ2) is 15.1. The highest BCUT2D eigenvalue weighted by Crippen LogP contribution is 2.32. The Morgan fingerprint density at radius 3 is 2.14 bits per heavy atom. The molecule has 0 saturated heterocycles. The van der Waals surface area contributed by atoms with Crippen LogP contribution in [-0.2, 0) is 32.6 Å². The monoisotopic (exact) mass is 653 g/mol. The highest BCUT2D eigenvalue weighted by atomic mass is 35.5. The number of sulfonamides is 1. The summed E-state index contributed by atoms with van der Waals surface area (Å²) in [5, 5.41) is 3.48. The zero-order valence-corrected chi connectivity index (χ0v) is 26.6. The van der Waals surface area contributed by atoms with E-state index in [9.17, 15) is 18.0 Å². The highest BCUT2D eigenvalue weighted by molar-refractivity contribution is 7.92. The van der Waals surface area contributed by atoms with E-state index >= 15 is 0 Å². The third kappa shape index (κ3) is 8.11. The Kier molecular flexibility index (Phi) is 11.3. The van der Waals surface area contributed by atoms with Crippen LogP contribution in [0.4, 0.5) is 5.69 Å². The van der Waals surface area contributed by atoms with Gasteiger partial charge in [0.25, 0.3) is 10.0 Å². The minimum atomic E-state index is -4.25. The number of nitrogens with one attached hydrogen (secondary N) is 1. The number of carbonyl (C=O) groups is 2. The third-order valence-corrected chi connectivity index (χ3v) is 9.22. The summed E-state index contributed by atoms with van der Waals surface area (Å²) < 4.78 is 34.3. The molecule has 4 rings (SSSR count). The zero-order chi connectivity index (χ0) is 31.7. The van der Waals surface area contributed by atoms with Crippen LogP contribution >= 0.6 is 23.2 Å². The van der Waals surface area contributed by atoms with E-state index in [4.69, 9.17) is 27.9 Å². The minimum absolute atomic E-state index is 0.00862. The molecule has 0 saturated carbocycles. The molecule has 0 aliphatic heterocycles. The van der Waals surface area contributed by atoms with Gasteiger partial charge >= 0.3 is 0 Å². The minimum Gasteiger partial charge on any atom is -0.495 e. The Morgan fingerprint density at radius 1 is 0.864 bits per heavy atom. The second-order valence-corrected chi connectivity index (χ2v) is 12.6. The van der Waals surface area contributed by atoms with Crippen molar-refractivity contribution in [1.29, 1.82) is 0 Å². The lowest BCUT2D eigenvalue weighted by molar-refractivity contribution is -0.140. The van der Waals surface area contributed by atoms with Gasteiger partial charge in [-0.1, -0.05) is 83.9 Å². The number of hydrogen-bond donors (Lipinski definition) is 1. The molecule has 0 spiro atoms. The van der Waals surface area contributed by atoms with Gasteiger partial charge in [0, 0.05) is 24.5 Å². The number of nitrogens with zero attached hydrogens (tertiary/aromatic N) is 2. The summed E-state index contributed by atoms with van der Waals surface area (Å²) in [5.41, 5.74) is 1.68. The lowest BCUT2D eigenvalue weighted by Gasteiger charge is -2.34. The molecule has 8 nitrogen and oxygen atoms in total. The quantitative estimate of drug-likeness (QED) is 0.192. The number of benzene rings is 4. The van der Waals surface area contributed by atoms with Crippen LogP contribution < -0.4 is 14.4 Å². The molecular weight excluding hydrogens is 621 g/mol. The van der Waals surface area contributed by atoms with E-state index in [2.05, 4.69) is 5.32 Å². The van der Waals surface area contributed by atoms with Crippen LogP contribution in [0.1, 0.15) is 18.1 Å². The summed E-state index contributed by atoms with van der Waals surface area (Å²) in [6.45, 7) is 1.55. The summed E-state index contributed by atoms with van der Waals surface area (Å²) >= 11 is 12.7. The number of ether oxygens (including phenoxy) is 1. The summed E-state index contributed by atoms with van der Waals surface area (Å²) in [6, 6.07) is 27.6. The number of carbonyl (C=O) groups excluding carboxylic acids is 2. The molecule has 0 radical (unpaired) electrons. The predicted molar refractivity (Wildman–Crippen MR) is 174 cm³/mol. The van der Waals surface area contributed by atoms with Gasteiger partial charge in [-0.3, -0.25) is 13.9 Å². The Balaban J connectivity index is 1.81. The standard InChI is InChI=1S/C33H33Cl2N3O5S/c1-3-36-33(40)30(20-24-11-6-4-7-12-24)37(22-25-13-10-14-26(34)19-25)32(39)23-38(27-17-18-31(43-2)29(35)21-27)44(41,42)28-15-8-5-9-16-28/h4-19,21,30H,3,20,22-23H2,1-2H3,(H,36,40). The van der Waals surface area contributed by atoms with E-state index in [0.29, 0.717) is 22.9 Å². The molecule has 0 aromatic heterocycles. The Labute approximate surface area is 268 Å². The maximum absolute atomic E-state index is 14.4. The molecule has 4 aromatic rings. The van der Waals surface area contributed by atoms with Gasteiger partial charge in [0.05, 0.1) is 22.7 Å². The number of anilines is 1. The van der Waals surface area contributed by atoms with E-state index in [1.807, 2.05) is 30.3 Å². The van der Waals surface area contributed by atoms with E-state index in [1.54, 1.807) is 49.4 Å². The van der Waals surface area contributed by atoms with E-state index < -0.39 is 28.5 Å². The number of rotatable bonds is 13. The van der Waals surface area contributed by atoms with Crippen LogP contribution in [-0.4, -0.2) is 51.4 Å². The summed E-state index contributed by atoms with van der Waals surface area (Å²) in [6.07, 6.45) is 0.207. The van der Waals surface area contributed by atoms with Gasteiger partial charge in [0.15, 0.2) is 0 Å². The van der Waals surface area contributed by atoms with Crippen LogP contribution in [0, 0.1) is 0 Å². The first-order valence-electron chi connectivity index (χ1n) is 13.9. The van der Waals surface area contributed by atoms with Crippen molar-refractivity contribution in [3.63, 3.8) is 0 Å². The van der Waals surface area contributed by atoms with Crippen molar-refractivity contribution >= 4 is 50.7 Å².